The van der Waals surface area contributed by atoms with Gasteiger partial charge in [0.25, 0.3) is 5.91 Å². The molecule has 3 aromatic rings. The zero-order chi connectivity index (χ0) is 21.1. The van der Waals surface area contributed by atoms with Crippen LogP contribution in [0.5, 0.6) is 0 Å². The normalized spacial score (nSPS) is 14.4. The van der Waals surface area contributed by atoms with E-state index in [4.69, 9.17) is 32.9 Å². The van der Waals surface area contributed by atoms with E-state index in [2.05, 4.69) is 4.90 Å². The largest absolute Gasteiger partial charge is 0.379 e. The van der Waals surface area contributed by atoms with Crippen LogP contribution in [0.2, 0.25) is 10.0 Å². The molecule has 166 valence electrons. The molecule has 1 aliphatic heterocycles. The smallest absolute Gasteiger partial charge is 0.261 e. The van der Waals surface area contributed by atoms with Gasteiger partial charge in [-0.25, -0.2) is 4.98 Å². The average Bonchev–Trinajstić information content (AvgIpc) is 3.20. The van der Waals surface area contributed by atoms with E-state index in [1.807, 2.05) is 24.5 Å². The number of halogens is 3. The van der Waals surface area contributed by atoms with Crippen molar-refractivity contribution in [1.82, 2.24) is 9.88 Å². The summed E-state index contributed by atoms with van der Waals surface area (Å²) in [6.07, 6.45) is 2.03. The second-order valence-electron chi connectivity index (χ2n) is 6.84. The molecule has 10 heteroatoms. The van der Waals surface area contributed by atoms with E-state index < -0.39 is 0 Å². The number of fused-ring (bicyclic) bond motifs is 1. The molecule has 0 N–H and O–H groups in total. The lowest BCUT2D eigenvalue weighted by Crippen LogP contribution is -2.43. The molecule has 5 nitrogen and oxygen atoms in total. The molecule has 0 unspecified atom stereocenters. The van der Waals surface area contributed by atoms with Gasteiger partial charge in [-0.05, 0) is 36.6 Å². The summed E-state index contributed by atoms with van der Waals surface area (Å²) in [5, 5.41) is 1.53. The number of thioether (sulfide) groups is 1. The fourth-order valence-corrected chi connectivity index (χ4v) is 5.36. The molecule has 0 saturated carbocycles. The summed E-state index contributed by atoms with van der Waals surface area (Å²) < 4.78 is 6.49. The monoisotopic (exact) mass is 517 g/mol. The topological polar surface area (TPSA) is 45.7 Å². The first-order valence-electron chi connectivity index (χ1n) is 9.57. The van der Waals surface area contributed by atoms with E-state index in [1.54, 1.807) is 34.9 Å². The van der Waals surface area contributed by atoms with Crippen molar-refractivity contribution in [1.29, 1.82) is 0 Å². The number of carbonyl (C=O) groups is 1. The molecule has 1 amide bonds. The summed E-state index contributed by atoms with van der Waals surface area (Å²) in [5.74, 6) is -0.194. The molecule has 31 heavy (non-hydrogen) atoms. The van der Waals surface area contributed by atoms with Gasteiger partial charge in [-0.15, -0.1) is 24.2 Å². The highest BCUT2D eigenvalue weighted by molar-refractivity contribution is 7.98. The number of para-hydroxylation sites is 1. The van der Waals surface area contributed by atoms with Gasteiger partial charge in [0.2, 0.25) is 0 Å². The molecule has 2 aromatic carbocycles. The molecule has 1 saturated heterocycles. The highest BCUT2D eigenvalue weighted by Gasteiger charge is 2.25. The minimum atomic E-state index is -0.194. The highest BCUT2D eigenvalue weighted by Crippen LogP contribution is 2.35. The Hall–Kier alpha value is -1.06. The Kier molecular flexibility index (Phi) is 8.87. The summed E-state index contributed by atoms with van der Waals surface area (Å²) in [5.41, 5.74) is 1.31. The van der Waals surface area contributed by atoms with Gasteiger partial charge in [0.1, 0.15) is 0 Å². The van der Waals surface area contributed by atoms with Gasteiger partial charge in [-0.2, -0.15) is 0 Å². The zero-order valence-electron chi connectivity index (χ0n) is 16.8. The van der Waals surface area contributed by atoms with Gasteiger partial charge in [0.15, 0.2) is 5.13 Å². The Morgan fingerprint density at radius 3 is 2.77 bits per heavy atom. The van der Waals surface area contributed by atoms with E-state index in [0.717, 1.165) is 34.7 Å². The van der Waals surface area contributed by atoms with Gasteiger partial charge in [-0.1, -0.05) is 40.6 Å². The predicted octanol–water partition coefficient (Wildman–Crippen LogP) is 5.73. The third kappa shape index (κ3) is 5.66. The molecule has 0 radical (unpaired) electrons. The molecule has 0 spiro atoms. The maximum absolute atomic E-state index is 13.5. The molecule has 0 aliphatic carbocycles. The Bertz CT molecular complexity index is 1060. The lowest BCUT2D eigenvalue weighted by Gasteiger charge is -2.29. The summed E-state index contributed by atoms with van der Waals surface area (Å²) in [6, 6.07) is 11.1. The number of benzene rings is 2. The van der Waals surface area contributed by atoms with E-state index in [0.29, 0.717) is 40.5 Å². The number of ether oxygens (including phenoxy) is 1. The number of thiazole rings is 1. The van der Waals surface area contributed by atoms with Crippen LogP contribution in [0.4, 0.5) is 5.13 Å². The lowest BCUT2D eigenvalue weighted by molar-refractivity contribution is 0.0391. The maximum Gasteiger partial charge on any atom is 0.261 e. The minimum absolute atomic E-state index is 0. The number of morpholine rings is 1. The van der Waals surface area contributed by atoms with Crippen molar-refractivity contribution in [2.24, 2.45) is 0 Å². The van der Waals surface area contributed by atoms with Crippen molar-refractivity contribution in [2.45, 2.75) is 4.90 Å². The SMILES string of the molecule is CSc1cccc2sc(N(CCN3CCOCC3)C(=O)c3cc(Cl)ccc3Cl)nc12.Cl. The van der Waals surface area contributed by atoms with Crippen molar-refractivity contribution in [3.63, 3.8) is 0 Å². The maximum atomic E-state index is 13.5. The summed E-state index contributed by atoms with van der Waals surface area (Å²) in [4.78, 5) is 23.5. The molecular weight excluding hydrogens is 497 g/mol. The molecule has 1 aliphatic rings. The van der Waals surface area contributed by atoms with Crippen LogP contribution in [0.1, 0.15) is 10.4 Å². The van der Waals surface area contributed by atoms with Crippen molar-refractivity contribution in [2.75, 3.05) is 50.5 Å². The Labute approximate surface area is 206 Å². The third-order valence-electron chi connectivity index (χ3n) is 4.97. The van der Waals surface area contributed by atoms with Crippen molar-refractivity contribution in [3.8, 4) is 0 Å². The molecule has 1 aromatic heterocycles. The van der Waals surface area contributed by atoms with E-state index in [1.165, 1.54) is 11.3 Å². The van der Waals surface area contributed by atoms with E-state index in [9.17, 15) is 4.79 Å². The summed E-state index contributed by atoms with van der Waals surface area (Å²) in [6.45, 7) is 4.39. The van der Waals surface area contributed by atoms with Crippen molar-refractivity contribution < 1.29 is 9.53 Å². The molecule has 2 heterocycles. The fraction of sp³-hybridized carbons (Fsp3) is 0.333. The van der Waals surface area contributed by atoms with Crippen LogP contribution < -0.4 is 4.90 Å². The Morgan fingerprint density at radius 1 is 1.26 bits per heavy atom. The number of amides is 1. The summed E-state index contributed by atoms with van der Waals surface area (Å²) in [7, 11) is 0. The molecule has 0 atom stereocenters. The number of carbonyl (C=O) groups excluding carboxylic acids is 1. The van der Waals surface area contributed by atoms with Gasteiger partial charge >= 0.3 is 0 Å². The summed E-state index contributed by atoms with van der Waals surface area (Å²) >= 11 is 15.7. The average molecular weight is 519 g/mol. The number of nitrogens with zero attached hydrogens (tertiary/aromatic N) is 3. The fourth-order valence-electron chi connectivity index (χ4n) is 3.35. The van der Waals surface area contributed by atoms with Gasteiger partial charge < -0.3 is 4.74 Å². The van der Waals surface area contributed by atoms with Crippen LogP contribution in [-0.4, -0.2) is 61.4 Å². The lowest BCUT2D eigenvalue weighted by atomic mass is 10.2. The first-order chi connectivity index (χ1) is 14.6. The Morgan fingerprint density at radius 2 is 2.03 bits per heavy atom. The first kappa shape index (κ1) is 24.6. The Balaban J connectivity index is 0.00000272. The number of hydrogen-bond acceptors (Lipinski definition) is 6. The van der Waals surface area contributed by atoms with Crippen LogP contribution in [0, 0.1) is 0 Å². The second-order valence-corrected chi connectivity index (χ2v) is 9.54. The number of rotatable bonds is 6. The molecule has 0 bridgehead atoms. The second kappa shape index (κ2) is 11.2. The number of hydrogen-bond donors (Lipinski definition) is 0. The van der Waals surface area contributed by atoms with E-state index in [-0.39, 0.29) is 18.3 Å². The van der Waals surface area contributed by atoms with Gasteiger partial charge in [-0.3, -0.25) is 14.6 Å². The van der Waals surface area contributed by atoms with Crippen LogP contribution >= 0.6 is 58.7 Å². The van der Waals surface area contributed by atoms with Crippen LogP contribution in [-0.2, 0) is 4.74 Å². The van der Waals surface area contributed by atoms with Crippen LogP contribution in [0.3, 0.4) is 0 Å². The standard InChI is InChI=1S/C21H21Cl2N3O2S2.ClH/c1-29-17-3-2-4-18-19(17)24-21(30-18)26(8-7-25-9-11-28-12-10-25)20(27)15-13-14(22)5-6-16(15)23;/h2-6,13H,7-12H2,1H3;1H. The van der Waals surface area contributed by atoms with Crippen molar-refractivity contribution in [3.05, 3.63) is 52.0 Å². The zero-order valence-corrected chi connectivity index (χ0v) is 20.8. The minimum Gasteiger partial charge on any atom is -0.379 e. The molecular formula is C21H22Cl3N3O2S2. The number of anilines is 1. The quantitative estimate of drug-likeness (QED) is 0.390. The van der Waals surface area contributed by atoms with Crippen LogP contribution in [0.15, 0.2) is 41.3 Å². The van der Waals surface area contributed by atoms with Crippen molar-refractivity contribution >= 4 is 80.0 Å². The predicted molar refractivity (Wildman–Crippen MR) is 134 cm³/mol. The van der Waals surface area contributed by atoms with Gasteiger partial charge in [0, 0.05) is 36.1 Å². The molecule has 4 rings (SSSR count). The third-order valence-corrected chi connectivity index (χ3v) is 7.35. The highest BCUT2D eigenvalue weighted by atomic mass is 35.5. The molecule has 1 fully saturated rings. The van der Waals surface area contributed by atoms with E-state index >= 15 is 0 Å². The van der Waals surface area contributed by atoms with Crippen LogP contribution in [0.25, 0.3) is 10.2 Å². The van der Waals surface area contributed by atoms with Gasteiger partial charge in [0.05, 0.1) is 34.0 Å². The number of aromatic nitrogens is 1. The first-order valence-corrected chi connectivity index (χ1v) is 12.4.